The average Bonchev–Trinajstić information content (AvgIpc) is 3.10. The zero-order chi connectivity index (χ0) is 18.2. The summed E-state index contributed by atoms with van der Waals surface area (Å²) in [5.41, 5.74) is 2.63. The Balaban J connectivity index is 2.08. The summed E-state index contributed by atoms with van der Waals surface area (Å²) >= 11 is 0. The largest absolute Gasteiger partial charge is 0.489 e. The van der Waals surface area contributed by atoms with Gasteiger partial charge in [0.2, 0.25) is 0 Å². The van der Waals surface area contributed by atoms with Gasteiger partial charge in [-0.25, -0.2) is 4.39 Å². The number of aromatic amines is 1. The molecule has 0 aliphatic carbocycles. The molecule has 1 aromatic carbocycles. The number of benzene rings is 1. The molecule has 5 heteroatoms. The first-order valence-electron chi connectivity index (χ1n) is 7.46. The Hall–Kier alpha value is -3.39. The van der Waals surface area contributed by atoms with Crippen LogP contribution in [-0.2, 0) is 9.53 Å². The van der Waals surface area contributed by atoms with E-state index in [2.05, 4.69) is 16.1 Å². The van der Waals surface area contributed by atoms with Gasteiger partial charge in [0.25, 0.3) is 0 Å². The minimum atomic E-state index is -0.303. The number of methoxy groups -OCH3 is 1. The molecule has 2 rings (SSSR count). The molecular formula is C20H17FN2O2. The Kier molecular flexibility index (Phi) is 6.08. The Bertz CT molecular complexity index is 881. The van der Waals surface area contributed by atoms with E-state index >= 15 is 0 Å². The summed E-state index contributed by atoms with van der Waals surface area (Å²) < 4.78 is 17.9. The Morgan fingerprint density at radius 1 is 1.32 bits per heavy atom. The summed E-state index contributed by atoms with van der Waals surface area (Å²) in [6, 6.07) is 7.80. The van der Waals surface area contributed by atoms with Gasteiger partial charge in [-0.05, 0) is 67.0 Å². The van der Waals surface area contributed by atoms with Gasteiger partial charge in [0.1, 0.15) is 5.82 Å². The summed E-state index contributed by atoms with van der Waals surface area (Å²) in [6.45, 7) is 1.68. The molecule has 0 saturated heterocycles. The highest BCUT2D eigenvalue weighted by molar-refractivity contribution is 6.06. The molecule has 0 amide bonds. The van der Waals surface area contributed by atoms with Crippen molar-refractivity contribution in [1.82, 2.24) is 10.2 Å². The maximum Gasteiger partial charge on any atom is 0.181 e. The van der Waals surface area contributed by atoms with Gasteiger partial charge in [-0.15, -0.1) is 6.42 Å². The molecule has 0 bridgehead atoms. The number of allylic oxidation sites excluding steroid dienone is 5. The topological polar surface area (TPSA) is 55.0 Å². The predicted molar refractivity (Wildman–Crippen MR) is 95.7 cm³/mol. The molecule has 0 spiro atoms. The minimum Gasteiger partial charge on any atom is -0.489 e. The zero-order valence-electron chi connectivity index (χ0n) is 13.9. The number of hydrogen-bond acceptors (Lipinski definition) is 3. The van der Waals surface area contributed by atoms with Crippen molar-refractivity contribution in [2.24, 2.45) is 0 Å². The van der Waals surface area contributed by atoms with Crippen LogP contribution in [0.4, 0.5) is 4.39 Å². The lowest BCUT2D eigenvalue weighted by atomic mass is 10.1. The first kappa shape index (κ1) is 18.0. The number of nitrogens with one attached hydrogen (secondary N) is 1. The van der Waals surface area contributed by atoms with Crippen molar-refractivity contribution >= 4 is 11.9 Å². The molecule has 0 unspecified atom stereocenters. The van der Waals surface area contributed by atoms with E-state index in [0.717, 1.165) is 5.56 Å². The van der Waals surface area contributed by atoms with Crippen molar-refractivity contribution in [3.05, 3.63) is 71.4 Å². The summed E-state index contributed by atoms with van der Waals surface area (Å²) in [7, 11) is 1.47. The van der Waals surface area contributed by atoms with Crippen LogP contribution >= 0.6 is 0 Å². The van der Waals surface area contributed by atoms with E-state index in [-0.39, 0.29) is 11.6 Å². The van der Waals surface area contributed by atoms with E-state index in [0.29, 0.717) is 22.7 Å². The molecule has 1 heterocycles. The highest BCUT2D eigenvalue weighted by Gasteiger charge is 2.04. The first-order chi connectivity index (χ1) is 12.0. The van der Waals surface area contributed by atoms with E-state index in [9.17, 15) is 9.18 Å². The summed E-state index contributed by atoms with van der Waals surface area (Å²) in [5.74, 6) is 2.23. The first-order valence-corrected chi connectivity index (χ1v) is 7.46. The zero-order valence-corrected chi connectivity index (χ0v) is 13.9. The molecule has 0 aliphatic heterocycles. The fourth-order valence-electron chi connectivity index (χ4n) is 1.95. The van der Waals surface area contributed by atoms with Gasteiger partial charge in [-0.1, -0.05) is 6.08 Å². The third-order valence-electron chi connectivity index (χ3n) is 3.39. The number of hydrogen-bond donors (Lipinski definition) is 1. The van der Waals surface area contributed by atoms with Gasteiger partial charge in [0.05, 0.1) is 18.5 Å². The van der Waals surface area contributed by atoms with Gasteiger partial charge >= 0.3 is 0 Å². The Morgan fingerprint density at radius 3 is 2.68 bits per heavy atom. The third kappa shape index (κ3) is 5.05. The number of terminal acetylenes is 1. The number of halogens is 1. The average molecular weight is 336 g/mol. The molecule has 0 fully saturated rings. The second-order valence-corrected chi connectivity index (χ2v) is 5.14. The SMILES string of the molecule is C#CC(=CC=C(C)C(=O)C=Cc1cc(-c2ccc(F)cc2)n[nH]1)OC. The number of carbonyl (C=O) groups is 1. The Labute approximate surface area is 145 Å². The van der Waals surface area contributed by atoms with Crippen LogP contribution < -0.4 is 0 Å². The smallest absolute Gasteiger partial charge is 0.181 e. The molecule has 0 atom stereocenters. The molecule has 0 saturated carbocycles. The van der Waals surface area contributed by atoms with E-state index in [1.807, 2.05) is 0 Å². The highest BCUT2D eigenvalue weighted by Crippen LogP contribution is 2.18. The van der Waals surface area contributed by atoms with E-state index in [1.54, 1.807) is 43.4 Å². The lowest BCUT2D eigenvalue weighted by molar-refractivity contribution is -0.111. The van der Waals surface area contributed by atoms with Gasteiger partial charge in [-0.2, -0.15) is 5.10 Å². The van der Waals surface area contributed by atoms with Crippen LogP contribution in [0, 0.1) is 18.2 Å². The number of H-pyrrole nitrogens is 1. The van der Waals surface area contributed by atoms with Crippen molar-refractivity contribution in [2.75, 3.05) is 7.11 Å². The van der Waals surface area contributed by atoms with Crippen LogP contribution in [0.3, 0.4) is 0 Å². The van der Waals surface area contributed by atoms with E-state index in [1.165, 1.54) is 25.3 Å². The lowest BCUT2D eigenvalue weighted by Crippen LogP contribution is -1.94. The highest BCUT2D eigenvalue weighted by atomic mass is 19.1. The van der Waals surface area contributed by atoms with Crippen LogP contribution in [0.25, 0.3) is 17.3 Å². The van der Waals surface area contributed by atoms with Crippen LogP contribution in [0.2, 0.25) is 0 Å². The number of ether oxygens (including phenoxy) is 1. The molecule has 1 N–H and O–H groups in total. The maximum absolute atomic E-state index is 12.9. The van der Waals surface area contributed by atoms with Crippen molar-refractivity contribution in [3.63, 3.8) is 0 Å². The molecule has 25 heavy (non-hydrogen) atoms. The number of carbonyl (C=O) groups excluding carboxylic acids is 1. The number of aromatic nitrogens is 2. The van der Waals surface area contributed by atoms with Gasteiger partial charge in [0, 0.05) is 5.56 Å². The van der Waals surface area contributed by atoms with Crippen molar-refractivity contribution in [1.29, 1.82) is 0 Å². The lowest BCUT2D eigenvalue weighted by Gasteiger charge is -1.95. The van der Waals surface area contributed by atoms with Crippen LogP contribution in [0.1, 0.15) is 12.6 Å². The normalized spacial score (nSPS) is 12.2. The number of ketones is 1. The second-order valence-electron chi connectivity index (χ2n) is 5.14. The van der Waals surface area contributed by atoms with Gasteiger partial charge in [0.15, 0.2) is 11.5 Å². The standard InChI is InChI=1S/C20H17FN2O2/c1-4-18(25-3)11-5-14(2)20(24)12-10-17-13-19(23-22-17)15-6-8-16(21)9-7-15/h1,5-13H,2-3H3,(H,22,23). The number of rotatable bonds is 6. The van der Waals surface area contributed by atoms with Crippen molar-refractivity contribution in [2.45, 2.75) is 6.92 Å². The molecule has 2 aromatic rings. The number of nitrogens with zero attached hydrogens (tertiary/aromatic N) is 1. The fourth-order valence-corrected chi connectivity index (χ4v) is 1.95. The van der Waals surface area contributed by atoms with Gasteiger partial charge in [-0.3, -0.25) is 9.89 Å². The summed E-state index contributed by atoms with van der Waals surface area (Å²) in [5, 5.41) is 6.97. The van der Waals surface area contributed by atoms with E-state index in [4.69, 9.17) is 11.2 Å². The maximum atomic E-state index is 12.9. The van der Waals surface area contributed by atoms with Crippen LogP contribution in [0.5, 0.6) is 0 Å². The summed E-state index contributed by atoms with van der Waals surface area (Å²) in [4.78, 5) is 12.1. The fraction of sp³-hybridized carbons (Fsp3) is 0.100. The monoisotopic (exact) mass is 336 g/mol. The third-order valence-corrected chi connectivity index (χ3v) is 3.39. The van der Waals surface area contributed by atoms with Gasteiger partial charge < -0.3 is 4.74 Å². The minimum absolute atomic E-state index is 0.165. The van der Waals surface area contributed by atoms with Crippen LogP contribution in [0.15, 0.2) is 59.9 Å². The van der Waals surface area contributed by atoms with Crippen LogP contribution in [-0.4, -0.2) is 23.1 Å². The molecule has 4 nitrogen and oxygen atoms in total. The molecular weight excluding hydrogens is 319 g/mol. The van der Waals surface area contributed by atoms with Crippen molar-refractivity contribution < 1.29 is 13.9 Å². The molecule has 126 valence electrons. The Morgan fingerprint density at radius 2 is 2.04 bits per heavy atom. The van der Waals surface area contributed by atoms with E-state index < -0.39 is 0 Å². The quantitative estimate of drug-likeness (QED) is 0.377. The molecule has 1 aromatic heterocycles. The molecule has 0 radical (unpaired) electrons. The summed E-state index contributed by atoms with van der Waals surface area (Å²) in [6.07, 6.45) is 11.5. The van der Waals surface area contributed by atoms with Crippen molar-refractivity contribution in [3.8, 4) is 23.6 Å². The predicted octanol–water partition coefficient (Wildman–Crippen LogP) is 3.91. The second kappa shape index (κ2) is 8.46. The molecule has 0 aliphatic rings.